The van der Waals surface area contributed by atoms with Crippen LogP contribution in [0, 0.1) is 0 Å². The van der Waals surface area contributed by atoms with Gasteiger partial charge in [-0.3, -0.25) is 0 Å². The van der Waals surface area contributed by atoms with Crippen LogP contribution < -0.4 is 30.6 Å². The maximum atomic E-state index is 6.47. The number of anilines is 2. The Labute approximate surface area is 169 Å². The summed E-state index contributed by atoms with van der Waals surface area (Å²) in [7, 11) is 3.20. The highest BCUT2D eigenvalue weighted by atomic mass is 16.5. The van der Waals surface area contributed by atoms with E-state index in [0.717, 1.165) is 22.7 Å². The van der Waals surface area contributed by atoms with Gasteiger partial charge >= 0.3 is 0 Å². The number of benzene rings is 3. The molecule has 1 atom stereocenters. The molecule has 0 radical (unpaired) electrons. The average molecular weight is 390 g/mol. The van der Waals surface area contributed by atoms with Crippen LogP contribution in [0.1, 0.15) is 11.7 Å². The standard InChI is InChI=1S/C22H22N4O3/c1-27-16-4-3-5-17(10-16)29-15-8-6-14(7-9-15)26-13-25-20-12-21(28-2)19(23)11-18(20)22(26)24/h3-13,22H,23-24H2,1-2H3. The van der Waals surface area contributed by atoms with Gasteiger partial charge in [0.1, 0.15) is 29.2 Å². The Bertz CT molecular complexity index is 1050. The van der Waals surface area contributed by atoms with E-state index >= 15 is 0 Å². The third kappa shape index (κ3) is 3.68. The number of nitrogens with two attached hydrogens (primary N) is 2. The molecule has 7 heteroatoms. The predicted octanol–water partition coefficient (Wildman–Crippen LogP) is 4.22. The molecule has 0 amide bonds. The van der Waals surface area contributed by atoms with E-state index in [9.17, 15) is 0 Å². The number of methoxy groups -OCH3 is 2. The summed E-state index contributed by atoms with van der Waals surface area (Å²) < 4.78 is 16.4. The highest BCUT2D eigenvalue weighted by Crippen LogP contribution is 2.39. The monoisotopic (exact) mass is 390 g/mol. The summed E-state index contributed by atoms with van der Waals surface area (Å²) in [6.45, 7) is 0. The first-order valence-electron chi connectivity index (χ1n) is 9.06. The Balaban J connectivity index is 1.54. The van der Waals surface area contributed by atoms with Crippen LogP contribution in [0.15, 0.2) is 65.7 Å². The smallest absolute Gasteiger partial charge is 0.143 e. The lowest BCUT2D eigenvalue weighted by Crippen LogP contribution is -2.35. The van der Waals surface area contributed by atoms with Crippen molar-refractivity contribution in [3.05, 3.63) is 66.2 Å². The summed E-state index contributed by atoms with van der Waals surface area (Å²) >= 11 is 0. The van der Waals surface area contributed by atoms with Crippen LogP contribution >= 0.6 is 0 Å². The number of nitrogens with zero attached hydrogens (tertiary/aromatic N) is 2. The largest absolute Gasteiger partial charge is 0.497 e. The molecule has 4 rings (SSSR count). The first-order valence-corrected chi connectivity index (χ1v) is 9.06. The SMILES string of the molecule is COc1cccc(Oc2ccc(N3C=Nc4cc(OC)c(N)cc4C3N)cc2)c1. The fraction of sp³-hybridized carbons (Fsp3) is 0.136. The molecule has 29 heavy (non-hydrogen) atoms. The van der Waals surface area contributed by atoms with E-state index in [4.69, 9.17) is 25.7 Å². The minimum atomic E-state index is -0.416. The van der Waals surface area contributed by atoms with Gasteiger partial charge in [0.25, 0.3) is 0 Å². The van der Waals surface area contributed by atoms with Crippen LogP contribution in [0.4, 0.5) is 17.1 Å². The van der Waals surface area contributed by atoms with Crippen molar-refractivity contribution in [1.29, 1.82) is 0 Å². The fourth-order valence-corrected chi connectivity index (χ4v) is 3.19. The first kappa shape index (κ1) is 18.6. The lowest BCUT2D eigenvalue weighted by molar-refractivity contribution is 0.409. The van der Waals surface area contributed by atoms with Gasteiger partial charge in [0.2, 0.25) is 0 Å². The van der Waals surface area contributed by atoms with Gasteiger partial charge in [-0.2, -0.15) is 0 Å². The van der Waals surface area contributed by atoms with Gasteiger partial charge in [-0.15, -0.1) is 0 Å². The number of hydrogen-bond acceptors (Lipinski definition) is 7. The Morgan fingerprint density at radius 3 is 2.38 bits per heavy atom. The molecule has 148 valence electrons. The second kappa shape index (κ2) is 7.73. The van der Waals surface area contributed by atoms with E-state index < -0.39 is 6.17 Å². The topological polar surface area (TPSA) is 95.3 Å². The second-order valence-electron chi connectivity index (χ2n) is 6.52. The molecule has 0 bridgehead atoms. The number of rotatable bonds is 5. The van der Waals surface area contributed by atoms with Gasteiger partial charge in [0.15, 0.2) is 0 Å². The number of fused-ring (bicyclic) bond motifs is 1. The number of ether oxygens (including phenoxy) is 3. The zero-order valence-electron chi connectivity index (χ0n) is 16.2. The fourth-order valence-electron chi connectivity index (χ4n) is 3.19. The van der Waals surface area contributed by atoms with E-state index in [0.29, 0.717) is 22.9 Å². The molecule has 7 nitrogen and oxygen atoms in total. The van der Waals surface area contributed by atoms with Crippen molar-refractivity contribution in [3.63, 3.8) is 0 Å². The van der Waals surface area contributed by atoms with Gasteiger partial charge in [-0.1, -0.05) is 6.07 Å². The predicted molar refractivity (Wildman–Crippen MR) is 114 cm³/mol. The van der Waals surface area contributed by atoms with Crippen molar-refractivity contribution < 1.29 is 14.2 Å². The molecule has 1 unspecified atom stereocenters. The van der Waals surface area contributed by atoms with Gasteiger partial charge in [0.05, 0.1) is 31.9 Å². The molecule has 0 spiro atoms. The number of aliphatic imine (C=N–C) groups is 1. The zero-order valence-corrected chi connectivity index (χ0v) is 16.2. The molecule has 0 fully saturated rings. The maximum Gasteiger partial charge on any atom is 0.143 e. The Kier molecular flexibility index (Phi) is 4.97. The molecule has 0 saturated carbocycles. The van der Waals surface area contributed by atoms with Gasteiger partial charge in [-0.25, -0.2) is 4.99 Å². The summed E-state index contributed by atoms with van der Waals surface area (Å²) in [5.74, 6) is 2.73. The Hall–Kier alpha value is -3.71. The van der Waals surface area contributed by atoms with Crippen LogP contribution in [-0.4, -0.2) is 20.6 Å². The quantitative estimate of drug-likeness (QED) is 0.634. The first-order chi connectivity index (χ1) is 14.1. The van der Waals surface area contributed by atoms with E-state index in [1.54, 1.807) is 26.6 Å². The molecule has 3 aromatic carbocycles. The Morgan fingerprint density at radius 2 is 1.66 bits per heavy atom. The normalized spacial score (nSPS) is 15.0. The lowest BCUT2D eigenvalue weighted by Gasteiger charge is -2.31. The van der Waals surface area contributed by atoms with Gasteiger partial charge in [-0.05, 0) is 42.5 Å². The van der Waals surface area contributed by atoms with E-state index in [-0.39, 0.29) is 0 Å². The minimum absolute atomic E-state index is 0.416. The highest BCUT2D eigenvalue weighted by Gasteiger charge is 2.24. The van der Waals surface area contributed by atoms with Gasteiger partial charge in [0, 0.05) is 23.4 Å². The van der Waals surface area contributed by atoms with Crippen LogP contribution in [0.3, 0.4) is 0 Å². The van der Waals surface area contributed by atoms with Crippen molar-refractivity contribution in [2.45, 2.75) is 6.17 Å². The third-order valence-corrected chi connectivity index (χ3v) is 4.73. The van der Waals surface area contributed by atoms with Crippen molar-refractivity contribution in [2.75, 3.05) is 24.9 Å². The molecular weight excluding hydrogens is 368 g/mol. The summed E-state index contributed by atoms with van der Waals surface area (Å²) in [5, 5.41) is 0. The van der Waals surface area contributed by atoms with Gasteiger partial charge < -0.3 is 30.6 Å². The van der Waals surface area contributed by atoms with Crippen LogP contribution in [-0.2, 0) is 0 Å². The third-order valence-electron chi connectivity index (χ3n) is 4.73. The molecule has 4 N–H and O–H groups in total. The number of nitrogen functional groups attached to an aromatic ring is 1. The van der Waals surface area contributed by atoms with Crippen molar-refractivity contribution in [1.82, 2.24) is 0 Å². The van der Waals surface area contributed by atoms with E-state index in [2.05, 4.69) is 4.99 Å². The van der Waals surface area contributed by atoms with E-state index in [1.165, 1.54) is 0 Å². The van der Waals surface area contributed by atoms with E-state index in [1.807, 2.05) is 59.5 Å². The van der Waals surface area contributed by atoms with Crippen molar-refractivity contribution in [2.24, 2.45) is 10.7 Å². The molecule has 1 heterocycles. The molecular formula is C22H22N4O3. The van der Waals surface area contributed by atoms with Crippen LogP contribution in [0.2, 0.25) is 0 Å². The Morgan fingerprint density at radius 1 is 0.897 bits per heavy atom. The molecule has 3 aromatic rings. The summed E-state index contributed by atoms with van der Waals surface area (Å²) in [4.78, 5) is 6.38. The highest BCUT2D eigenvalue weighted by molar-refractivity contribution is 5.86. The van der Waals surface area contributed by atoms with Crippen LogP contribution in [0.5, 0.6) is 23.0 Å². The molecule has 1 aliphatic heterocycles. The number of hydrogen-bond donors (Lipinski definition) is 2. The molecule has 0 aromatic heterocycles. The minimum Gasteiger partial charge on any atom is -0.497 e. The summed E-state index contributed by atoms with van der Waals surface area (Å²) in [6.07, 6.45) is 1.29. The zero-order chi connectivity index (χ0) is 20.4. The molecule has 0 saturated heterocycles. The lowest BCUT2D eigenvalue weighted by atomic mass is 10.1. The second-order valence-corrected chi connectivity index (χ2v) is 6.52. The summed E-state index contributed by atoms with van der Waals surface area (Å²) in [5.41, 5.74) is 15.5. The molecule has 0 aliphatic carbocycles. The van der Waals surface area contributed by atoms with Crippen molar-refractivity contribution >= 4 is 23.4 Å². The molecule has 1 aliphatic rings. The maximum absolute atomic E-state index is 6.47. The van der Waals surface area contributed by atoms with Crippen LogP contribution in [0.25, 0.3) is 0 Å². The van der Waals surface area contributed by atoms with Crippen molar-refractivity contribution in [3.8, 4) is 23.0 Å². The average Bonchev–Trinajstić information content (AvgIpc) is 2.75. The summed E-state index contributed by atoms with van der Waals surface area (Å²) in [6, 6.07) is 18.7.